The van der Waals surface area contributed by atoms with Gasteiger partial charge in [0.15, 0.2) is 0 Å². The van der Waals surface area contributed by atoms with E-state index in [1.54, 1.807) is 42.9 Å². The Bertz CT molecular complexity index is 844. The highest BCUT2D eigenvalue weighted by molar-refractivity contribution is 7.12. The third-order valence-electron chi connectivity index (χ3n) is 3.55. The van der Waals surface area contributed by atoms with Crippen LogP contribution in [-0.4, -0.2) is 27.4 Å². The molecule has 2 amide bonds. The summed E-state index contributed by atoms with van der Waals surface area (Å²) in [6.45, 7) is 2.57. The van der Waals surface area contributed by atoms with E-state index >= 15 is 0 Å². The van der Waals surface area contributed by atoms with Crippen LogP contribution in [0.15, 0.2) is 60.5 Å². The van der Waals surface area contributed by atoms with E-state index in [4.69, 9.17) is 0 Å². The van der Waals surface area contributed by atoms with Crippen molar-refractivity contribution < 1.29 is 9.59 Å². The van der Waals surface area contributed by atoms with Crippen LogP contribution in [0.25, 0.3) is 0 Å². The Morgan fingerprint density at radius 2 is 2.12 bits per heavy atom. The van der Waals surface area contributed by atoms with Crippen LogP contribution < -0.4 is 10.6 Å². The van der Waals surface area contributed by atoms with Crippen molar-refractivity contribution in [3.63, 3.8) is 0 Å². The first-order valence-electron chi connectivity index (χ1n) is 7.83. The second-order valence-electron chi connectivity index (χ2n) is 5.65. The van der Waals surface area contributed by atoms with Crippen molar-refractivity contribution in [1.29, 1.82) is 0 Å². The number of carbonyl (C=O) groups excluding carboxylic acids is 2. The number of carbonyl (C=O) groups is 2. The standard InChI is InChI=1S/C18H18N4O2S/c1-13(11-22-8-7-19-12-22)20-17(23)14-4-2-5-15(10-14)21-18(24)16-6-3-9-25-16/h2-10,12-13H,11H2,1H3,(H,20,23)(H,21,24)/t13-/m0/s1. The molecule has 0 unspecified atom stereocenters. The second kappa shape index (κ2) is 7.76. The van der Waals surface area contributed by atoms with Crippen molar-refractivity contribution in [3.8, 4) is 0 Å². The summed E-state index contributed by atoms with van der Waals surface area (Å²) in [7, 11) is 0. The lowest BCUT2D eigenvalue weighted by molar-refractivity contribution is 0.0935. The van der Waals surface area contributed by atoms with Crippen LogP contribution in [0.3, 0.4) is 0 Å². The molecule has 0 bridgehead atoms. The minimum Gasteiger partial charge on any atom is -0.348 e. The quantitative estimate of drug-likeness (QED) is 0.714. The van der Waals surface area contributed by atoms with Crippen LogP contribution >= 0.6 is 11.3 Å². The summed E-state index contributed by atoms with van der Waals surface area (Å²) in [5.74, 6) is -0.360. The number of imidazole rings is 1. The highest BCUT2D eigenvalue weighted by Crippen LogP contribution is 2.15. The number of thiophene rings is 1. The molecule has 0 saturated heterocycles. The Morgan fingerprint density at radius 3 is 2.84 bits per heavy atom. The van der Waals surface area contributed by atoms with Crippen molar-refractivity contribution in [1.82, 2.24) is 14.9 Å². The van der Waals surface area contributed by atoms with Gasteiger partial charge in [-0.05, 0) is 36.6 Å². The highest BCUT2D eigenvalue weighted by Gasteiger charge is 2.12. The fourth-order valence-corrected chi connectivity index (χ4v) is 3.02. The molecule has 25 heavy (non-hydrogen) atoms. The van der Waals surface area contributed by atoms with Crippen LogP contribution in [0, 0.1) is 0 Å². The predicted octanol–water partition coefficient (Wildman–Crippen LogP) is 3.02. The molecule has 0 fully saturated rings. The van der Waals surface area contributed by atoms with Crippen molar-refractivity contribution in [2.45, 2.75) is 19.5 Å². The maximum atomic E-state index is 12.4. The summed E-state index contributed by atoms with van der Waals surface area (Å²) in [5.41, 5.74) is 1.09. The molecule has 0 saturated carbocycles. The average Bonchev–Trinajstić information content (AvgIpc) is 3.28. The number of hydrogen-bond donors (Lipinski definition) is 2. The minimum atomic E-state index is -0.181. The molecular weight excluding hydrogens is 336 g/mol. The number of nitrogens with zero attached hydrogens (tertiary/aromatic N) is 2. The van der Waals surface area contributed by atoms with Gasteiger partial charge in [-0.15, -0.1) is 11.3 Å². The molecule has 6 nitrogen and oxygen atoms in total. The predicted molar refractivity (Wildman–Crippen MR) is 97.9 cm³/mol. The lowest BCUT2D eigenvalue weighted by Gasteiger charge is -2.15. The number of aromatic nitrogens is 2. The number of hydrogen-bond acceptors (Lipinski definition) is 4. The van der Waals surface area contributed by atoms with Gasteiger partial charge in [0.05, 0.1) is 11.2 Å². The van der Waals surface area contributed by atoms with Gasteiger partial charge in [0.2, 0.25) is 0 Å². The lowest BCUT2D eigenvalue weighted by Crippen LogP contribution is -2.35. The fourth-order valence-electron chi connectivity index (χ4n) is 2.40. The van der Waals surface area contributed by atoms with Crippen molar-refractivity contribution in [2.24, 2.45) is 0 Å². The van der Waals surface area contributed by atoms with E-state index in [9.17, 15) is 9.59 Å². The maximum Gasteiger partial charge on any atom is 0.265 e. The number of rotatable bonds is 6. The summed E-state index contributed by atoms with van der Waals surface area (Å²) >= 11 is 1.37. The maximum absolute atomic E-state index is 12.4. The van der Waals surface area contributed by atoms with Crippen molar-refractivity contribution in [2.75, 3.05) is 5.32 Å². The third-order valence-corrected chi connectivity index (χ3v) is 4.42. The van der Waals surface area contributed by atoms with Gasteiger partial charge >= 0.3 is 0 Å². The van der Waals surface area contributed by atoms with Gasteiger partial charge in [0.25, 0.3) is 11.8 Å². The third kappa shape index (κ3) is 4.54. The van der Waals surface area contributed by atoms with Crippen LogP contribution in [0.5, 0.6) is 0 Å². The average molecular weight is 354 g/mol. The van der Waals surface area contributed by atoms with Crippen LogP contribution in [0.1, 0.15) is 27.0 Å². The molecule has 2 aromatic heterocycles. The zero-order valence-corrected chi connectivity index (χ0v) is 14.5. The lowest BCUT2D eigenvalue weighted by atomic mass is 10.1. The van der Waals surface area contributed by atoms with Crippen LogP contribution in [-0.2, 0) is 6.54 Å². The second-order valence-corrected chi connectivity index (χ2v) is 6.59. The van der Waals surface area contributed by atoms with Gasteiger partial charge < -0.3 is 15.2 Å². The molecule has 2 N–H and O–H groups in total. The van der Waals surface area contributed by atoms with E-state index in [-0.39, 0.29) is 17.9 Å². The largest absolute Gasteiger partial charge is 0.348 e. The highest BCUT2D eigenvalue weighted by atomic mass is 32.1. The zero-order chi connectivity index (χ0) is 17.6. The summed E-state index contributed by atoms with van der Waals surface area (Å²) in [5, 5.41) is 7.60. The Balaban J connectivity index is 1.62. The first-order valence-corrected chi connectivity index (χ1v) is 8.71. The first-order chi connectivity index (χ1) is 12.1. The monoisotopic (exact) mass is 354 g/mol. The molecule has 0 radical (unpaired) electrons. The Hall–Kier alpha value is -2.93. The van der Waals surface area contributed by atoms with Crippen molar-refractivity contribution in [3.05, 3.63) is 70.9 Å². The molecule has 3 aromatic rings. The molecule has 0 spiro atoms. The summed E-state index contributed by atoms with van der Waals surface area (Å²) < 4.78 is 1.91. The van der Waals surface area contributed by atoms with E-state index in [0.717, 1.165) is 0 Å². The molecule has 0 aliphatic rings. The van der Waals surface area contributed by atoms with Crippen LogP contribution in [0.2, 0.25) is 0 Å². The SMILES string of the molecule is C[C@@H](Cn1ccnc1)NC(=O)c1cccc(NC(=O)c2cccs2)c1. The van der Waals surface area contributed by atoms with Crippen molar-refractivity contribution >= 4 is 28.8 Å². The van der Waals surface area contributed by atoms with E-state index in [1.165, 1.54) is 11.3 Å². The van der Waals surface area contributed by atoms with E-state index < -0.39 is 0 Å². The van der Waals surface area contributed by atoms with Gasteiger partial charge in [0.1, 0.15) is 0 Å². The molecule has 0 aliphatic heterocycles. The Kier molecular flexibility index (Phi) is 5.25. The topological polar surface area (TPSA) is 76.0 Å². The van der Waals surface area contributed by atoms with Crippen LogP contribution in [0.4, 0.5) is 5.69 Å². The number of benzene rings is 1. The van der Waals surface area contributed by atoms with Gasteiger partial charge in [-0.2, -0.15) is 0 Å². The zero-order valence-electron chi connectivity index (χ0n) is 13.7. The minimum absolute atomic E-state index is 0.0499. The van der Waals surface area contributed by atoms with E-state index in [2.05, 4.69) is 15.6 Å². The molecule has 7 heteroatoms. The van der Waals surface area contributed by atoms with Gasteiger partial charge in [-0.25, -0.2) is 4.98 Å². The van der Waals surface area contributed by atoms with Gasteiger partial charge in [-0.3, -0.25) is 9.59 Å². The molecule has 128 valence electrons. The number of amides is 2. The normalized spacial score (nSPS) is 11.7. The number of nitrogens with one attached hydrogen (secondary N) is 2. The summed E-state index contributed by atoms with van der Waals surface area (Å²) in [6, 6.07) is 10.4. The number of anilines is 1. The molecule has 0 aliphatic carbocycles. The fraction of sp³-hybridized carbons (Fsp3) is 0.167. The molecule has 3 rings (SSSR count). The van der Waals surface area contributed by atoms with Gasteiger partial charge in [-0.1, -0.05) is 12.1 Å². The molecular formula is C18H18N4O2S. The molecule has 2 heterocycles. The molecule has 1 atom stereocenters. The summed E-state index contributed by atoms with van der Waals surface area (Å²) in [6.07, 6.45) is 5.26. The Morgan fingerprint density at radius 1 is 1.24 bits per heavy atom. The molecule has 1 aromatic carbocycles. The first kappa shape index (κ1) is 16.9. The Labute approximate surface area is 149 Å². The van der Waals surface area contributed by atoms with E-state index in [1.807, 2.05) is 29.1 Å². The van der Waals surface area contributed by atoms with Gasteiger partial charge in [0, 0.05) is 36.2 Å². The smallest absolute Gasteiger partial charge is 0.265 e. The summed E-state index contributed by atoms with van der Waals surface area (Å²) in [4.78, 5) is 29.1. The van der Waals surface area contributed by atoms with E-state index in [0.29, 0.717) is 22.7 Å².